The molecule has 2 heterocycles. The predicted molar refractivity (Wildman–Crippen MR) is 127 cm³/mol. The Bertz CT molecular complexity index is 1280. The number of allylic oxidation sites excluding steroid dienone is 1. The molecule has 3 aromatic rings. The Kier molecular flexibility index (Phi) is 7.22. The van der Waals surface area contributed by atoms with Gasteiger partial charge in [-0.1, -0.05) is 42.3 Å². The van der Waals surface area contributed by atoms with E-state index in [1.165, 1.54) is 11.5 Å². The number of aryl methyl sites for hydroxylation is 1. The van der Waals surface area contributed by atoms with Crippen LogP contribution in [-0.2, 0) is 17.9 Å². The molecule has 0 amide bonds. The Balaban J connectivity index is 2.04. The van der Waals surface area contributed by atoms with Gasteiger partial charge in [-0.25, -0.2) is 14.2 Å². The first-order chi connectivity index (χ1) is 15.6. The minimum Gasteiger partial charge on any atom is -0.481 e. The van der Waals surface area contributed by atoms with Crippen LogP contribution in [0.2, 0.25) is 0 Å². The van der Waals surface area contributed by atoms with Crippen molar-refractivity contribution in [3.05, 3.63) is 86.0 Å². The molecule has 1 atom stereocenters. The summed E-state index contributed by atoms with van der Waals surface area (Å²) in [6.07, 6.45) is 3.52. The highest BCUT2D eigenvalue weighted by atomic mass is 16.4. The number of carboxylic acid groups (broad SMARTS) is 1. The highest BCUT2D eigenvalue weighted by molar-refractivity contribution is 5.69. The molecule has 33 heavy (non-hydrogen) atoms. The van der Waals surface area contributed by atoms with E-state index >= 15 is 0 Å². The van der Waals surface area contributed by atoms with Gasteiger partial charge in [0, 0.05) is 6.54 Å². The summed E-state index contributed by atoms with van der Waals surface area (Å²) in [5, 5.41) is 12.2. The van der Waals surface area contributed by atoms with Gasteiger partial charge in [0.1, 0.15) is 0 Å². The average Bonchev–Trinajstić information content (AvgIpc) is 2.76. The van der Waals surface area contributed by atoms with Crippen LogP contribution in [0.25, 0.3) is 6.08 Å². The number of rotatable bonds is 8. The lowest BCUT2D eigenvalue weighted by Gasteiger charge is -2.16. The van der Waals surface area contributed by atoms with Crippen molar-refractivity contribution in [2.24, 2.45) is 5.92 Å². The summed E-state index contributed by atoms with van der Waals surface area (Å²) in [5.74, 6) is -1.96. The van der Waals surface area contributed by atoms with E-state index in [4.69, 9.17) is 0 Å². The summed E-state index contributed by atoms with van der Waals surface area (Å²) >= 11 is 0. The number of aliphatic carboxylic acids is 1. The zero-order valence-corrected chi connectivity index (χ0v) is 19.1. The van der Waals surface area contributed by atoms with E-state index in [0.29, 0.717) is 5.69 Å². The third-order valence-corrected chi connectivity index (χ3v) is 4.97. The number of aromatic nitrogens is 4. The van der Waals surface area contributed by atoms with Crippen molar-refractivity contribution in [3.8, 4) is 0 Å². The first kappa shape index (κ1) is 23.6. The fourth-order valence-corrected chi connectivity index (χ4v) is 3.14. The van der Waals surface area contributed by atoms with Gasteiger partial charge in [0.2, 0.25) is 5.95 Å². The number of benzene rings is 1. The van der Waals surface area contributed by atoms with Crippen LogP contribution in [-0.4, -0.2) is 30.2 Å². The Morgan fingerprint density at radius 1 is 1.12 bits per heavy atom. The molecular weight excluding hydrogens is 422 g/mol. The third kappa shape index (κ3) is 6.03. The van der Waals surface area contributed by atoms with E-state index in [-0.39, 0.29) is 19.0 Å². The molecule has 0 saturated heterocycles. The van der Waals surface area contributed by atoms with E-state index in [0.717, 1.165) is 27.0 Å². The second-order valence-electron chi connectivity index (χ2n) is 8.24. The molecule has 0 fully saturated rings. The van der Waals surface area contributed by atoms with Crippen LogP contribution in [0, 0.1) is 12.8 Å². The highest BCUT2D eigenvalue weighted by Gasteiger charge is 2.19. The first-order valence-electron chi connectivity index (χ1n) is 10.5. The molecule has 0 aliphatic rings. The van der Waals surface area contributed by atoms with Gasteiger partial charge in [-0.2, -0.15) is 4.98 Å². The maximum Gasteiger partial charge on any atom is 0.354 e. The Hall–Kier alpha value is -4.01. The number of carboxylic acids is 1. The normalized spacial score (nSPS) is 11.6. The van der Waals surface area contributed by atoms with Gasteiger partial charge in [-0.15, -0.1) is 0 Å². The van der Waals surface area contributed by atoms with Crippen molar-refractivity contribution in [1.82, 2.24) is 19.1 Å². The molecule has 2 aromatic heterocycles. The number of hydrogen-bond acceptors (Lipinski definition) is 6. The number of carbonyl (C=O) groups is 1. The highest BCUT2D eigenvalue weighted by Crippen LogP contribution is 2.15. The Morgan fingerprint density at radius 2 is 1.82 bits per heavy atom. The molecule has 0 radical (unpaired) electrons. The van der Waals surface area contributed by atoms with Crippen LogP contribution in [0.3, 0.4) is 0 Å². The molecule has 0 saturated carbocycles. The van der Waals surface area contributed by atoms with Crippen LogP contribution in [0.1, 0.15) is 37.6 Å². The fourth-order valence-electron chi connectivity index (χ4n) is 3.14. The first-order valence-corrected chi connectivity index (χ1v) is 10.5. The van der Waals surface area contributed by atoms with Crippen molar-refractivity contribution in [2.75, 3.05) is 5.32 Å². The van der Waals surface area contributed by atoms with Gasteiger partial charge < -0.3 is 10.4 Å². The second-order valence-corrected chi connectivity index (χ2v) is 8.24. The Morgan fingerprint density at radius 3 is 2.39 bits per heavy atom. The molecule has 0 unspecified atom stereocenters. The summed E-state index contributed by atoms with van der Waals surface area (Å²) in [6, 6.07) is 11.2. The van der Waals surface area contributed by atoms with Crippen molar-refractivity contribution in [1.29, 1.82) is 0 Å². The number of nitrogens with zero attached hydrogens (tertiary/aromatic N) is 4. The topological polar surface area (TPSA) is 119 Å². The lowest BCUT2D eigenvalue weighted by atomic mass is 10.1. The van der Waals surface area contributed by atoms with Gasteiger partial charge >= 0.3 is 17.3 Å². The van der Waals surface area contributed by atoms with Crippen LogP contribution in [0.4, 0.5) is 11.6 Å². The summed E-state index contributed by atoms with van der Waals surface area (Å²) in [6.45, 7) is 7.23. The SMILES string of the molecule is CC(C)=Cc1ccc(Nc2nc(=O)n(C[C@H](C)C(=O)O)c(=O)n2Cc2ccc(C)cc2)cn1. The largest absolute Gasteiger partial charge is 0.481 e. The predicted octanol–water partition coefficient (Wildman–Crippen LogP) is 3.04. The molecule has 172 valence electrons. The van der Waals surface area contributed by atoms with Gasteiger partial charge in [0.05, 0.1) is 30.0 Å². The molecule has 9 heteroatoms. The van der Waals surface area contributed by atoms with E-state index in [1.807, 2.05) is 57.2 Å². The van der Waals surface area contributed by atoms with Crippen LogP contribution < -0.4 is 16.7 Å². The quantitative estimate of drug-likeness (QED) is 0.542. The molecule has 9 nitrogen and oxygen atoms in total. The Labute approximate surface area is 191 Å². The minimum atomic E-state index is -1.10. The molecular formula is C24H27N5O4. The summed E-state index contributed by atoms with van der Waals surface area (Å²) < 4.78 is 2.18. The van der Waals surface area contributed by atoms with E-state index < -0.39 is 23.3 Å². The number of anilines is 2. The molecule has 2 N–H and O–H groups in total. The molecule has 3 rings (SSSR count). The van der Waals surface area contributed by atoms with Crippen molar-refractivity contribution in [2.45, 2.75) is 40.8 Å². The number of hydrogen-bond donors (Lipinski definition) is 2. The molecule has 0 aliphatic heterocycles. The standard InChI is InChI=1S/C24H27N5O4/c1-15(2)11-19-9-10-20(12-25-19)26-22-27-23(32)29(13-17(4)21(30)31)24(33)28(22)14-18-7-5-16(3)6-8-18/h5-12,17H,13-14H2,1-4H3,(H,30,31)(H,26,27,32)/t17-/m0/s1. The fraction of sp³-hybridized carbons (Fsp3) is 0.292. The van der Waals surface area contributed by atoms with E-state index in [2.05, 4.69) is 15.3 Å². The smallest absolute Gasteiger partial charge is 0.354 e. The minimum absolute atomic E-state index is 0.0570. The molecule has 0 bridgehead atoms. The molecule has 1 aromatic carbocycles. The van der Waals surface area contributed by atoms with Crippen molar-refractivity contribution < 1.29 is 9.90 Å². The lowest BCUT2D eigenvalue weighted by molar-refractivity contribution is -0.141. The van der Waals surface area contributed by atoms with Gasteiger partial charge in [-0.3, -0.25) is 14.3 Å². The zero-order chi connectivity index (χ0) is 24.1. The van der Waals surface area contributed by atoms with Gasteiger partial charge in [0.25, 0.3) is 0 Å². The van der Waals surface area contributed by atoms with E-state index in [1.54, 1.807) is 12.3 Å². The maximum atomic E-state index is 13.2. The van der Waals surface area contributed by atoms with E-state index in [9.17, 15) is 19.5 Å². The van der Waals surface area contributed by atoms with Crippen LogP contribution in [0.5, 0.6) is 0 Å². The molecule has 0 aliphatic carbocycles. The number of nitrogens with one attached hydrogen (secondary N) is 1. The summed E-state index contributed by atoms with van der Waals surface area (Å²) in [4.78, 5) is 45.5. The zero-order valence-electron chi connectivity index (χ0n) is 19.1. The second kappa shape index (κ2) is 10.1. The molecule has 0 spiro atoms. The monoisotopic (exact) mass is 449 g/mol. The average molecular weight is 450 g/mol. The van der Waals surface area contributed by atoms with Crippen molar-refractivity contribution in [3.63, 3.8) is 0 Å². The maximum absolute atomic E-state index is 13.2. The summed E-state index contributed by atoms with van der Waals surface area (Å²) in [7, 11) is 0. The van der Waals surface area contributed by atoms with Crippen molar-refractivity contribution >= 4 is 23.7 Å². The number of pyridine rings is 1. The lowest BCUT2D eigenvalue weighted by Crippen LogP contribution is -2.44. The van der Waals surface area contributed by atoms with Gasteiger partial charge in [-0.05, 0) is 44.5 Å². The van der Waals surface area contributed by atoms with Gasteiger partial charge in [0.15, 0.2) is 0 Å². The third-order valence-electron chi connectivity index (χ3n) is 4.97. The van der Waals surface area contributed by atoms with Crippen LogP contribution in [0.15, 0.2) is 57.8 Å². The van der Waals surface area contributed by atoms with Crippen LogP contribution >= 0.6 is 0 Å². The summed E-state index contributed by atoms with van der Waals surface area (Å²) in [5.41, 5.74) is 2.90.